The Labute approximate surface area is 139 Å². The summed E-state index contributed by atoms with van der Waals surface area (Å²) in [4.78, 5) is 19.1. The van der Waals surface area contributed by atoms with Gasteiger partial charge in [0.05, 0.1) is 11.2 Å². The Morgan fingerprint density at radius 1 is 1.29 bits per heavy atom. The molecule has 1 aliphatic rings. The van der Waals surface area contributed by atoms with E-state index in [4.69, 9.17) is 0 Å². The third-order valence-electron chi connectivity index (χ3n) is 4.49. The minimum atomic E-state index is -0.343. The predicted molar refractivity (Wildman–Crippen MR) is 90.7 cm³/mol. The molecule has 3 heterocycles. The standard InChI is InChI=1S/C17H18N6O/c1-10-9-23(11(2)8-20-10)16-13(7-19)17(24)22(3)14-5-4-12(6-18)21-15(14)16/h4-5,10-11,20H,8-9H2,1-3H3/t10-,11+/m1/s1. The van der Waals surface area contributed by atoms with Crippen LogP contribution >= 0.6 is 0 Å². The highest BCUT2D eigenvalue weighted by atomic mass is 16.1. The van der Waals surface area contributed by atoms with Crippen LogP contribution in [0.2, 0.25) is 0 Å². The second kappa shape index (κ2) is 5.95. The average Bonchev–Trinajstić information content (AvgIpc) is 2.59. The van der Waals surface area contributed by atoms with E-state index >= 15 is 0 Å². The van der Waals surface area contributed by atoms with Gasteiger partial charge in [-0.15, -0.1) is 0 Å². The number of fused-ring (bicyclic) bond motifs is 1. The van der Waals surface area contributed by atoms with Crippen LogP contribution in [0.1, 0.15) is 25.1 Å². The number of nitrogens with one attached hydrogen (secondary N) is 1. The Balaban J connectivity index is 2.40. The van der Waals surface area contributed by atoms with Gasteiger partial charge in [-0.2, -0.15) is 10.5 Å². The van der Waals surface area contributed by atoms with Gasteiger partial charge in [0.15, 0.2) is 0 Å². The smallest absolute Gasteiger partial charge is 0.270 e. The Morgan fingerprint density at radius 3 is 2.71 bits per heavy atom. The molecule has 2 aromatic heterocycles. The molecule has 3 rings (SSSR count). The van der Waals surface area contributed by atoms with Crippen LogP contribution in [-0.4, -0.2) is 34.7 Å². The van der Waals surface area contributed by atoms with Crippen molar-refractivity contribution in [1.29, 1.82) is 10.5 Å². The zero-order valence-corrected chi connectivity index (χ0v) is 13.9. The minimum Gasteiger partial charge on any atom is -0.363 e. The topological polar surface area (TPSA) is 97.7 Å². The zero-order chi connectivity index (χ0) is 17.4. The molecule has 2 aromatic rings. The first-order valence-corrected chi connectivity index (χ1v) is 7.82. The molecule has 0 amide bonds. The number of anilines is 1. The van der Waals surface area contributed by atoms with Gasteiger partial charge in [-0.25, -0.2) is 4.98 Å². The van der Waals surface area contributed by atoms with Crippen molar-refractivity contribution in [3.63, 3.8) is 0 Å². The maximum Gasteiger partial charge on any atom is 0.270 e. The van der Waals surface area contributed by atoms with Gasteiger partial charge >= 0.3 is 0 Å². The van der Waals surface area contributed by atoms with Gasteiger partial charge in [0, 0.05) is 32.2 Å². The Hall–Kier alpha value is -2.90. The number of hydrogen-bond acceptors (Lipinski definition) is 6. The van der Waals surface area contributed by atoms with E-state index in [1.807, 2.05) is 19.1 Å². The summed E-state index contributed by atoms with van der Waals surface area (Å²) in [6, 6.07) is 7.71. The molecule has 122 valence electrons. The van der Waals surface area contributed by atoms with Gasteiger partial charge in [0.1, 0.15) is 28.9 Å². The molecular weight excluding hydrogens is 304 g/mol. The van der Waals surface area contributed by atoms with E-state index in [1.54, 1.807) is 19.2 Å². The number of nitriles is 2. The first kappa shape index (κ1) is 16.0. The predicted octanol–water partition coefficient (Wildman–Crippen LogP) is 0.863. The first-order valence-electron chi connectivity index (χ1n) is 7.82. The van der Waals surface area contributed by atoms with Crippen LogP contribution in [0.25, 0.3) is 11.0 Å². The Kier molecular flexibility index (Phi) is 3.96. The number of rotatable bonds is 1. The monoisotopic (exact) mass is 322 g/mol. The summed E-state index contributed by atoms with van der Waals surface area (Å²) in [5, 5.41) is 22.2. The molecule has 1 saturated heterocycles. The van der Waals surface area contributed by atoms with E-state index in [9.17, 15) is 15.3 Å². The molecule has 1 N–H and O–H groups in total. The van der Waals surface area contributed by atoms with Gasteiger partial charge in [0.25, 0.3) is 5.56 Å². The summed E-state index contributed by atoms with van der Waals surface area (Å²) in [6.45, 7) is 5.51. The molecule has 7 heteroatoms. The SMILES string of the molecule is C[C@@H]1CN(c2c(C#N)c(=O)n(C)c3ccc(C#N)nc23)[C@@H](C)CN1. The van der Waals surface area contributed by atoms with Crippen LogP contribution in [0.15, 0.2) is 16.9 Å². The van der Waals surface area contributed by atoms with Crippen molar-refractivity contribution in [2.24, 2.45) is 7.05 Å². The van der Waals surface area contributed by atoms with Crippen LogP contribution in [0.4, 0.5) is 5.69 Å². The van der Waals surface area contributed by atoms with E-state index < -0.39 is 0 Å². The third-order valence-corrected chi connectivity index (χ3v) is 4.49. The highest BCUT2D eigenvalue weighted by Gasteiger charge is 2.29. The van der Waals surface area contributed by atoms with E-state index in [1.165, 1.54) is 4.57 Å². The second-order valence-electron chi connectivity index (χ2n) is 6.19. The van der Waals surface area contributed by atoms with E-state index in [-0.39, 0.29) is 28.9 Å². The maximum atomic E-state index is 12.6. The van der Waals surface area contributed by atoms with Gasteiger partial charge in [-0.3, -0.25) is 4.79 Å². The van der Waals surface area contributed by atoms with Gasteiger partial charge in [-0.1, -0.05) is 0 Å². The summed E-state index contributed by atoms with van der Waals surface area (Å²) < 4.78 is 1.42. The number of piperazine rings is 1. The largest absolute Gasteiger partial charge is 0.363 e. The zero-order valence-electron chi connectivity index (χ0n) is 13.9. The molecule has 0 saturated carbocycles. The molecular formula is C17H18N6O. The number of hydrogen-bond donors (Lipinski definition) is 1. The fourth-order valence-electron chi connectivity index (χ4n) is 3.17. The van der Waals surface area contributed by atoms with E-state index in [2.05, 4.69) is 22.1 Å². The van der Waals surface area contributed by atoms with E-state index in [0.717, 1.165) is 6.54 Å². The molecule has 1 aliphatic heterocycles. The van der Waals surface area contributed by atoms with Crippen molar-refractivity contribution >= 4 is 16.7 Å². The normalized spacial score (nSPS) is 20.6. The lowest BCUT2D eigenvalue weighted by molar-refractivity contribution is 0.425. The van der Waals surface area contributed by atoms with Crippen molar-refractivity contribution in [2.45, 2.75) is 25.9 Å². The summed E-state index contributed by atoms with van der Waals surface area (Å²) in [5.74, 6) is 0. The number of aryl methyl sites for hydroxylation is 1. The van der Waals surface area contributed by atoms with Gasteiger partial charge < -0.3 is 14.8 Å². The lowest BCUT2D eigenvalue weighted by atomic mass is 10.1. The van der Waals surface area contributed by atoms with Crippen LogP contribution in [0, 0.1) is 22.7 Å². The van der Waals surface area contributed by atoms with Crippen LogP contribution in [-0.2, 0) is 7.05 Å². The number of pyridine rings is 2. The fraction of sp³-hybridized carbons (Fsp3) is 0.412. The number of nitrogens with zero attached hydrogens (tertiary/aromatic N) is 5. The molecule has 0 bridgehead atoms. The van der Waals surface area contributed by atoms with Gasteiger partial charge in [0.2, 0.25) is 0 Å². The Morgan fingerprint density at radius 2 is 2.04 bits per heavy atom. The van der Waals surface area contributed by atoms with Crippen molar-refractivity contribution in [2.75, 3.05) is 18.0 Å². The molecule has 1 fully saturated rings. The number of aromatic nitrogens is 2. The maximum absolute atomic E-state index is 12.6. The fourth-order valence-corrected chi connectivity index (χ4v) is 3.17. The highest BCUT2D eigenvalue weighted by Crippen LogP contribution is 2.29. The van der Waals surface area contributed by atoms with Crippen LogP contribution in [0.5, 0.6) is 0 Å². The molecule has 2 atom stereocenters. The third kappa shape index (κ3) is 2.40. The van der Waals surface area contributed by atoms with Crippen LogP contribution in [0.3, 0.4) is 0 Å². The minimum absolute atomic E-state index is 0.0774. The average molecular weight is 322 g/mol. The van der Waals surface area contributed by atoms with Crippen molar-refractivity contribution in [3.05, 3.63) is 33.7 Å². The quantitative estimate of drug-likeness (QED) is 0.836. The van der Waals surface area contributed by atoms with E-state index in [0.29, 0.717) is 23.3 Å². The molecule has 0 spiro atoms. The van der Waals surface area contributed by atoms with Crippen LogP contribution < -0.4 is 15.8 Å². The van der Waals surface area contributed by atoms with Gasteiger partial charge in [-0.05, 0) is 26.0 Å². The first-order chi connectivity index (χ1) is 11.5. The molecule has 7 nitrogen and oxygen atoms in total. The van der Waals surface area contributed by atoms with Crippen molar-refractivity contribution in [3.8, 4) is 12.1 Å². The molecule has 0 aromatic carbocycles. The second-order valence-corrected chi connectivity index (χ2v) is 6.19. The lowest BCUT2D eigenvalue weighted by Crippen LogP contribution is -2.55. The van der Waals surface area contributed by atoms with Crippen molar-refractivity contribution < 1.29 is 0 Å². The molecule has 0 aliphatic carbocycles. The molecule has 0 unspecified atom stereocenters. The summed E-state index contributed by atoms with van der Waals surface area (Å²) >= 11 is 0. The molecule has 0 radical (unpaired) electrons. The molecule has 24 heavy (non-hydrogen) atoms. The lowest BCUT2D eigenvalue weighted by Gasteiger charge is -2.39. The van der Waals surface area contributed by atoms with Crippen molar-refractivity contribution in [1.82, 2.24) is 14.9 Å². The summed E-state index contributed by atoms with van der Waals surface area (Å²) in [5.41, 5.74) is 1.68. The highest BCUT2D eigenvalue weighted by molar-refractivity contribution is 5.92. The Bertz CT molecular complexity index is 949. The summed E-state index contributed by atoms with van der Waals surface area (Å²) in [6.07, 6.45) is 0. The summed E-state index contributed by atoms with van der Waals surface area (Å²) in [7, 11) is 1.62.